The van der Waals surface area contributed by atoms with Crippen molar-refractivity contribution >= 4 is 120 Å². The van der Waals surface area contributed by atoms with Gasteiger partial charge in [-0.05, 0) is 98.5 Å². The monoisotopic (exact) mass is 790 g/mol. The lowest BCUT2D eigenvalue weighted by molar-refractivity contribution is 1.16. The number of aryl methyl sites for hydroxylation is 4. The van der Waals surface area contributed by atoms with Gasteiger partial charge in [-0.2, -0.15) is 0 Å². The van der Waals surface area contributed by atoms with E-state index in [4.69, 9.17) is 0 Å². The van der Waals surface area contributed by atoms with E-state index >= 15 is 0 Å². The summed E-state index contributed by atoms with van der Waals surface area (Å²) in [7, 11) is 0. The molecule has 62 heavy (non-hydrogen) atoms. The predicted molar refractivity (Wildman–Crippen MR) is 263 cm³/mol. The van der Waals surface area contributed by atoms with Crippen LogP contribution in [0.5, 0.6) is 0 Å². The van der Waals surface area contributed by atoms with Crippen LogP contribution in [0.4, 0.5) is 0 Å². The van der Waals surface area contributed by atoms with Crippen molar-refractivity contribution in [3.8, 4) is 11.4 Å². The van der Waals surface area contributed by atoms with Crippen LogP contribution >= 0.6 is 0 Å². The Kier molecular flexibility index (Phi) is 5.90. The van der Waals surface area contributed by atoms with Gasteiger partial charge in [-0.1, -0.05) is 109 Å². The summed E-state index contributed by atoms with van der Waals surface area (Å²) in [6, 6.07) is 59.6. The molecule has 4 nitrogen and oxygen atoms in total. The molecule has 290 valence electrons. The second-order valence-electron chi connectivity index (χ2n) is 17.9. The number of nitrogens with zero attached hydrogens (tertiary/aromatic N) is 4. The van der Waals surface area contributed by atoms with Crippen molar-refractivity contribution < 1.29 is 0 Å². The van der Waals surface area contributed by atoms with E-state index < -0.39 is 0 Å². The van der Waals surface area contributed by atoms with E-state index in [1.807, 2.05) is 0 Å². The molecular formula is C58H38N4. The van der Waals surface area contributed by atoms with Gasteiger partial charge in [0.15, 0.2) is 0 Å². The molecular weight excluding hydrogens is 753 g/mol. The minimum Gasteiger partial charge on any atom is -0.309 e. The Labute approximate surface area is 355 Å². The maximum Gasteiger partial charge on any atom is 0.0634 e. The first kappa shape index (κ1) is 33.0. The smallest absolute Gasteiger partial charge is 0.0634 e. The molecule has 4 heteroatoms. The fraction of sp³-hybridized carbons (Fsp3) is 0.0690. The third-order valence-electron chi connectivity index (χ3n) is 14.6. The number of para-hydroxylation sites is 6. The van der Waals surface area contributed by atoms with Gasteiger partial charge >= 0.3 is 0 Å². The number of hydrogen-bond donors (Lipinski definition) is 0. The molecule has 0 N–H and O–H groups in total. The minimum absolute atomic E-state index is 1.19. The van der Waals surface area contributed by atoms with Crippen molar-refractivity contribution in [2.75, 3.05) is 0 Å². The van der Waals surface area contributed by atoms with Gasteiger partial charge in [-0.15, -0.1) is 0 Å². The standard InChI is InChI=1S/C58H38N4/c1-31-13-9-19-37-38-20-10-14-32(2)54(38)59(53(31)37)35-25-27-47-43(29-35)51-49-41-17-5-8-24-46(41)62-48-28-26-36(60-55-33(3)15-11-21-39(55)40-22-12-16-34(4)56(40)60)30-44(48)52(58(49)62)50-42-18-6-7-23-45(42)61(47)57(50)51/h5-30H,1-4H3. The van der Waals surface area contributed by atoms with Gasteiger partial charge in [0.25, 0.3) is 0 Å². The first-order chi connectivity index (χ1) is 30.5. The molecule has 0 saturated heterocycles. The molecule has 6 heterocycles. The molecule has 15 aromatic rings. The van der Waals surface area contributed by atoms with Gasteiger partial charge in [-0.25, -0.2) is 0 Å². The van der Waals surface area contributed by atoms with Crippen molar-refractivity contribution in [2.45, 2.75) is 27.7 Å². The summed E-state index contributed by atoms with van der Waals surface area (Å²) in [6.07, 6.45) is 0. The average Bonchev–Trinajstić information content (AvgIpc) is 4.12. The minimum atomic E-state index is 1.19. The summed E-state index contributed by atoms with van der Waals surface area (Å²) < 4.78 is 10.2. The fourth-order valence-corrected chi connectivity index (χ4v) is 12.3. The summed E-state index contributed by atoms with van der Waals surface area (Å²) in [4.78, 5) is 0. The zero-order chi connectivity index (χ0) is 40.9. The van der Waals surface area contributed by atoms with Crippen molar-refractivity contribution in [1.82, 2.24) is 17.9 Å². The Morgan fingerprint density at radius 1 is 0.258 bits per heavy atom. The Morgan fingerprint density at radius 3 is 0.935 bits per heavy atom. The molecule has 0 saturated carbocycles. The lowest BCUT2D eigenvalue weighted by Crippen LogP contribution is -1.97. The highest BCUT2D eigenvalue weighted by molar-refractivity contribution is 6.45. The number of aromatic nitrogens is 4. The molecule has 0 aliphatic rings. The molecule has 9 aromatic carbocycles. The highest BCUT2D eigenvalue weighted by Crippen LogP contribution is 2.52. The zero-order valence-electron chi connectivity index (χ0n) is 34.8. The molecule has 15 rings (SSSR count). The van der Waals surface area contributed by atoms with Gasteiger partial charge in [0.05, 0.1) is 55.2 Å². The number of fused-ring (bicyclic) bond motifs is 20. The molecule has 0 aliphatic heterocycles. The van der Waals surface area contributed by atoms with Gasteiger partial charge < -0.3 is 17.9 Å². The van der Waals surface area contributed by atoms with Gasteiger partial charge in [0, 0.05) is 76.0 Å². The summed E-state index contributed by atoms with van der Waals surface area (Å²) in [5, 5.41) is 15.7. The van der Waals surface area contributed by atoms with Crippen LogP contribution in [0.2, 0.25) is 0 Å². The van der Waals surface area contributed by atoms with Gasteiger partial charge in [-0.3, -0.25) is 0 Å². The molecule has 0 radical (unpaired) electrons. The fourth-order valence-electron chi connectivity index (χ4n) is 12.3. The van der Waals surface area contributed by atoms with E-state index in [1.165, 1.54) is 153 Å². The van der Waals surface area contributed by atoms with E-state index in [0.29, 0.717) is 0 Å². The van der Waals surface area contributed by atoms with Crippen molar-refractivity contribution in [2.24, 2.45) is 0 Å². The summed E-state index contributed by atoms with van der Waals surface area (Å²) in [5.74, 6) is 0. The van der Waals surface area contributed by atoms with E-state index in [-0.39, 0.29) is 0 Å². The highest BCUT2D eigenvalue weighted by atomic mass is 15.0. The lowest BCUT2D eigenvalue weighted by atomic mass is 9.97. The third kappa shape index (κ3) is 3.70. The maximum atomic E-state index is 2.57. The van der Waals surface area contributed by atoms with E-state index in [2.05, 4.69) is 203 Å². The first-order valence-electron chi connectivity index (χ1n) is 21.8. The van der Waals surface area contributed by atoms with Crippen LogP contribution in [0, 0.1) is 27.7 Å². The van der Waals surface area contributed by atoms with E-state index in [0.717, 1.165) is 0 Å². The van der Waals surface area contributed by atoms with Crippen molar-refractivity contribution in [1.29, 1.82) is 0 Å². The molecule has 0 fully saturated rings. The van der Waals surface area contributed by atoms with Crippen LogP contribution in [0.15, 0.2) is 158 Å². The second-order valence-corrected chi connectivity index (χ2v) is 17.9. The zero-order valence-corrected chi connectivity index (χ0v) is 34.8. The molecule has 0 bridgehead atoms. The normalized spacial score (nSPS) is 12.8. The topological polar surface area (TPSA) is 18.7 Å². The maximum absolute atomic E-state index is 2.57. The van der Waals surface area contributed by atoms with Crippen LogP contribution in [0.1, 0.15) is 22.3 Å². The largest absolute Gasteiger partial charge is 0.309 e. The van der Waals surface area contributed by atoms with Crippen molar-refractivity contribution in [3.05, 3.63) is 180 Å². The summed E-state index contributed by atoms with van der Waals surface area (Å²) in [6.45, 7) is 9.00. The second kappa shape index (κ2) is 11.1. The van der Waals surface area contributed by atoms with E-state index in [1.54, 1.807) is 0 Å². The molecule has 0 spiro atoms. The number of rotatable bonds is 2. The predicted octanol–water partition coefficient (Wildman–Crippen LogP) is 15.4. The van der Waals surface area contributed by atoms with E-state index in [9.17, 15) is 0 Å². The average molecular weight is 791 g/mol. The molecule has 0 unspecified atom stereocenters. The molecule has 6 aromatic heterocycles. The van der Waals surface area contributed by atoms with Crippen LogP contribution in [-0.4, -0.2) is 17.9 Å². The summed E-state index contributed by atoms with van der Waals surface area (Å²) >= 11 is 0. The Hall–Kier alpha value is -7.82. The SMILES string of the molecule is Cc1cccc2c3cccc(C)c3n(-c3ccc4c(c3)c3c5c6ccccc6n6c7ccc(-n8c9c(C)cccc9c9cccc(C)c98)cc7c(c7c8ccccc8n4c73)c56)c12. The van der Waals surface area contributed by atoms with Crippen LogP contribution < -0.4 is 0 Å². The van der Waals surface area contributed by atoms with Crippen molar-refractivity contribution in [3.63, 3.8) is 0 Å². The highest BCUT2D eigenvalue weighted by Gasteiger charge is 2.29. The van der Waals surface area contributed by atoms with Gasteiger partial charge in [0.1, 0.15) is 0 Å². The number of hydrogen-bond acceptors (Lipinski definition) is 0. The molecule has 0 amide bonds. The number of benzene rings is 9. The Balaban J connectivity index is 1.15. The first-order valence-corrected chi connectivity index (χ1v) is 21.8. The van der Waals surface area contributed by atoms with Gasteiger partial charge in [0.2, 0.25) is 0 Å². The van der Waals surface area contributed by atoms with Crippen LogP contribution in [0.25, 0.3) is 131 Å². The molecule has 0 atom stereocenters. The quantitative estimate of drug-likeness (QED) is 0.166. The summed E-state index contributed by atoms with van der Waals surface area (Å²) in [5.41, 5.74) is 20.2. The Bertz CT molecular complexity index is 4080. The van der Waals surface area contributed by atoms with Crippen LogP contribution in [-0.2, 0) is 0 Å². The van der Waals surface area contributed by atoms with Crippen LogP contribution in [0.3, 0.4) is 0 Å². The lowest BCUT2D eigenvalue weighted by Gasteiger charge is -2.12. The third-order valence-corrected chi connectivity index (χ3v) is 14.6. The Morgan fingerprint density at radius 2 is 0.565 bits per heavy atom. The molecule has 0 aliphatic carbocycles.